The molecule has 4 heteroatoms. The van der Waals surface area contributed by atoms with E-state index in [2.05, 4.69) is 15.9 Å². The molecule has 2 nitrogen and oxygen atoms in total. The molecule has 18 heavy (non-hydrogen) atoms. The van der Waals surface area contributed by atoms with Gasteiger partial charge in [-0.15, -0.1) is 0 Å². The summed E-state index contributed by atoms with van der Waals surface area (Å²) in [6.45, 7) is 0. The average Bonchev–Trinajstić information content (AvgIpc) is 2.35. The average molecular weight is 309 g/mol. The molecular formula is C14H10BrFO2. The Labute approximate surface area is 112 Å². The van der Waals surface area contributed by atoms with E-state index in [1.807, 2.05) is 0 Å². The van der Waals surface area contributed by atoms with E-state index in [1.54, 1.807) is 12.1 Å². The number of carbonyl (C=O) groups is 1. The van der Waals surface area contributed by atoms with Crippen LogP contribution in [0.5, 0.6) is 5.75 Å². The van der Waals surface area contributed by atoms with Gasteiger partial charge in [0, 0.05) is 12.0 Å². The highest BCUT2D eigenvalue weighted by atomic mass is 79.9. The van der Waals surface area contributed by atoms with Crippen LogP contribution in [0.1, 0.15) is 15.9 Å². The predicted octanol–water partition coefficient (Wildman–Crippen LogP) is 3.72. The molecule has 0 saturated heterocycles. The lowest BCUT2D eigenvalue weighted by molar-refractivity contribution is 0.0993. The largest absolute Gasteiger partial charge is 0.508 e. The van der Waals surface area contributed by atoms with Crippen LogP contribution in [0, 0.1) is 5.82 Å². The van der Waals surface area contributed by atoms with Crippen molar-refractivity contribution in [2.75, 3.05) is 0 Å². The summed E-state index contributed by atoms with van der Waals surface area (Å²) in [5, 5.41) is 9.14. The molecule has 92 valence electrons. The zero-order valence-corrected chi connectivity index (χ0v) is 10.9. The molecule has 0 heterocycles. The normalized spacial score (nSPS) is 10.3. The molecule has 0 amide bonds. The number of ketones is 1. The summed E-state index contributed by atoms with van der Waals surface area (Å²) in [5.74, 6) is -0.326. The fourth-order valence-electron chi connectivity index (χ4n) is 1.57. The molecule has 0 atom stereocenters. The van der Waals surface area contributed by atoms with E-state index < -0.39 is 5.82 Å². The van der Waals surface area contributed by atoms with Gasteiger partial charge in [0.1, 0.15) is 11.6 Å². The Hall–Kier alpha value is -1.68. The van der Waals surface area contributed by atoms with Crippen molar-refractivity contribution in [1.29, 1.82) is 0 Å². The van der Waals surface area contributed by atoms with Crippen LogP contribution in [0.3, 0.4) is 0 Å². The van der Waals surface area contributed by atoms with E-state index >= 15 is 0 Å². The molecule has 2 aromatic carbocycles. The maximum atomic E-state index is 13.0. The Bertz CT molecular complexity index is 579. The monoisotopic (exact) mass is 308 g/mol. The predicted molar refractivity (Wildman–Crippen MR) is 70.2 cm³/mol. The van der Waals surface area contributed by atoms with Crippen molar-refractivity contribution in [1.82, 2.24) is 0 Å². The van der Waals surface area contributed by atoms with Gasteiger partial charge in [-0.2, -0.15) is 0 Å². The highest BCUT2D eigenvalue weighted by molar-refractivity contribution is 9.10. The molecule has 0 aliphatic heterocycles. The topological polar surface area (TPSA) is 37.3 Å². The van der Waals surface area contributed by atoms with Crippen LogP contribution < -0.4 is 0 Å². The molecule has 0 aliphatic carbocycles. The standard InChI is InChI=1S/C14H10BrFO2/c15-12-8-10(3-6-13(12)16)14(18)7-9-1-4-11(17)5-2-9/h1-6,8,17H,7H2. The third-order valence-electron chi connectivity index (χ3n) is 2.54. The minimum atomic E-state index is -0.392. The second-order valence-electron chi connectivity index (χ2n) is 3.90. The number of hydrogen-bond donors (Lipinski definition) is 1. The van der Waals surface area contributed by atoms with Crippen LogP contribution in [0.2, 0.25) is 0 Å². The first-order chi connectivity index (χ1) is 8.56. The molecule has 0 fully saturated rings. The smallest absolute Gasteiger partial charge is 0.167 e. The summed E-state index contributed by atoms with van der Waals surface area (Å²) < 4.78 is 13.3. The molecule has 1 N–H and O–H groups in total. The van der Waals surface area contributed by atoms with E-state index in [-0.39, 0.29) is 22.4 Å². The van der Waals surface area contributed by atoms with Gasteiger partial charge in [0.2, 0.25) is 0 Å². The number of rotatable bonds is 3. The molecule has 0 aliphatic rings. The number of Topliss-reactive ketones (excluding diaryl/α,β-unsaturated/α-hetero) is 1. The Morgan fingerprint density at radius 1 is 1.17 bits per heavy atom. The zero-order valence-electron chi connectivity index (χ0n) is 9.36. The van der Waals surface area contributed by atoms with Crippen molar-refractivity contribution in [3.05, 3.63) is 63.9 Å². The summed E-state index contributed by atoms with van der Waals surface area (Å²) in [7, 11) is 0. The lowest BCUT2D eigenvalue weighted by atomic mass is 10.0. The molecule has 0 saturated carbocycles. The molecular weight excluding hydrogens is 299 g/mol. The number of phenols is 1. The van der Waals surface area contributed by atoms with Gasteiger partial charge in [-0.3, -0.25) is 4.79 Å². The highest BCUT2D eigenvalue weighted by Crippen LogP contribution is 2.18. The van der Waals surface area contributed by atoms with Crippen molar-refractivity contribution in [2.24, 2.45) is 0 Å². The first-order valence-electron chi connectivity index (χ1n) is 5.32. The summed E-state index contributed by atoms with van der Waals surface area (Å²) in [6.07, 6.45) is 0.221. The molecule has 2 rings (SSSR count). The van der Waals surface area contributed by atoms with Crippen molar-refractivity contribution >= 4 is 21.7 Å². The minimum absolute atomic E-state index is 0.0959. The molecule has 0 aromatic heterocycles. The van der Waals surface area contributed by atoms with Gasteiger partial charge in [0.25, 0.3) is 0 Å². The molecule has 0 bridgehead atoms. The third kappa shape index (κ3) is 2.96. The molecule has 2 aromatic rings. The summed E-state index contributed by atoms with van der Waals surface area (Å²) in [5.41, 5.74) is 1.26. The van der Waals surface area contributed by atoms with Gasteiger partial charge in [0.15, 0.2) is 5.78 Å². The highest BCUT2D eigenvalue weighted by Gasteiger charge is 2.09. The lowest BCUT2D eigenvalue weighted by Gasteiger charge is -2.03. The Morgan fingerprint density at radius 3 is 2.44 bits per heavy atom. The first kappa shape index (κ1) is 12.8. The van der Waals surface area contributed by atoms with E-state index in [9.17, 15) is 9.18 Å². The Kier molecular flexibility index (Phi) is 3.77. The van der Waals surface area contributed by atoms with Crippen LogP contribution in [0.15, 0.2) is 46.9 Å². The van der Waals surface area contributed by atoms with Crippen LogP contribution in [0.25, 0.3) is 0 Å². The second-order valence-corrected chi connectivity index (χ2v) is 4.75. The summed E-state index contributed by atoms with van der Waals surface area (Å²) in [4.78, 5) is 12.0. The second kappa shape index (κ2) is 5.31. The first-order valence-corrected chi connectivity index (χ1v) is 6.12. The van der Waals surface area contributed by atoms with Gasteiger partial charge < -0.3 is 5.11 Å². The van der Waals surface area contributed by atoms with Crippen molar-refractivity contribution in [3.8, 4) is 5.75 Å². The quantitative estimate of drug-likeness (QED) is 0.877. The van der Waals surface area contributed by atoms with Crippen LogP contribution in [-0.2, 0) is 6.42 Å². The van der Waals surface area contributed by atoms with E-state index in [4.69, 9.17) is 5.11 Å². The third-order valence-corrected chi connectivity index (χ3v) is 3.15. The number of carbonyl (C=O) groups excluding carboxylic acids is 1. The van der Waals surface area contributed by atoms with E-state index in [0.29, 0.717) is 5.56 Å². The number of phenolic OH excluding ortho intramolecular Hbond substituents is 1. The van der Waals surface area contributed by atoms with Gasteiger partial charge in [-0.25, -0.2) is 4.39 Å². The fourth-order valence-corrected chi connectivity index (χ4v) is 1.95. The minimum Gasteiger partial charge on any atom is -0.508 e. The van der Waals surface area contributed by atoms with E-state index in [1.165, 1.54) is 30.3 Å². The SMILES string of the molecule is O=C(Cc1ccc(O)cc1)c1ccc(F)c(Br)c1. The maximum absolute atomic E-state index is 13.0. The summed E-state index contributed by atoms with van der Waals surface area (Å²) >= 11 is 3.05. The van der Waals surface area contributed by atoms with Crippen molar-refractivity contribution < 1.29 is 14.3 Å². The van der Waals surface area contributed by atoms with Gasteiger partial charge in [-0.1, -0.05) is 12.1 Å². The van der Waals surface area contributed by atoms with Gasteiger partial charge >= 0.3 is 0 Å². The van der Waals surface area contributed by atoms with Gasteiger partial charge in [-0.05, 0) is 51.8 Å². The summed E-state index contributed by atoms with van der Waals surface area (Å²) in [6, 6.07) is 10.6. The number of hydrogen-bond acceptors (Lipinski definition) is 2. The number of benzene rings is 2. The molecule has 0 radical (unpaired) electrons. The Balaban J connectivity index is 2.16. The fraction of sp³-hybridized carbons (Fsp3) is 0.0714. The van der Waals surface area contributed by atoms with Crippen molar-refractivity contribution in [3.63, 3.8) is 0 Å². The van der Waals surface area contributed by atoms with Crippen LogP contribution in [0.4, 0.5) is 4.39 Å². The maximum Gasteiger partial charge on any atom is 0.167 e. The van der Waals surface area contributed by atoms with Crippen LogP contribution >= 0.6 is 15.9 Å². The van der Waals surface area contributed by atoms with Crippen molar-refractivity contribution in [2.45, 2.75) is 6.42 Å². The lowest BCUT2D eigenvalue weighted by Crippen LogP contribution is -2.03. The van der Waals surface area contributed by atoms with Gasteiger partial charge in [0.05, 0.1) is 4.47 Å². The Morgan fingerprint density at radius 2 is 1.83 bits per heavy atom. The van der Waals surface area contributed by atoms with Crippen LogP contribution in [-0.4, -0.2) is 10.9 Å². The number of halogens is 2. The zero-order chi connectivity index (χ0) is 13.1. The molecule has 0 spiro atoms. The van der Waals surface area contributed by atoms with E-state index in [0.717, 1.165) is 5.56 Å². The number of aromatic hydroxyl groups is 1. The molecule has 0 unspecified atom stereocenters.